The molecule has 0 radical (unpaired) electrons. The molecule has 2 aromatic heterocycles. The molecule has 0 spiro atoms. The number of sulfonamides is 1. The maximum absolute atomic E-state index is 14.0. The number of ether oxygens (including phenoxy) is 1. The summed E-state index contributed by atoms with van der Waals surface area (Å²) in [6.07, 6.45) is 5.05. The second kappa shape index (κ2) is 10.7. The third kappa shape index (κ3) is 4.78. The van der Waals surface area contributed by atoms with E-state index in [4.69, 9.17) is 21.4 Å². The topological polar surface area (TPSA) is 79.3 Å². The van der Waals surface area contributed by atoms with Crippen molar-refractivity contribution in [3.63, 3.8) is 0 Å². The highest BCUT2D eigenvalue weighted by atomic mass is 35.5. The monoisotopic (exact) mass is 587 g/mol. The maximum atomic E-state index is 14.0. The molecule has 4 heterocycles. The molecule has 38 heavy (non-hydrogen) atoms. The van der Waals surface area contributed by atoms with E-state index in [9.17, 15) is 13.2 Å². The van der Waals surface area contributed by atoms with Crippen LogP contribution in [0.3, 0.4) is 0 Å². The van der Waals surface area contributed by atoms with Gasteiger partial charge in [0, 0.05) is 34.3 Å². The number of halogens is 1. The maximum Gasteiger partial charge on any atom is 0.274 e. The molecule has 1 aromatic carbocycles. The fourth-order valence-electron chi connectivity index (χ4n) is 5.34. The molecule has 2 aliphatic heterocycles. The van der Waals surface area contributed by atoms with E-state index >= 15 is 0 Å². The second-order valence-electron chi connectivity index (χ2n) is 9.44. The van der Waals surface area contributed by atoms with E-state index in [1.807, 2.05) is 23.6 Å². The lowest BCUT2D eigenvalue weighted by molar-refractivity contribution is 0.0683. The Morgan fingerprint density at radius 1 is 1.11 bits per heavy atom. The lowest BCUT2D eigenvalue weighted by atomic mass is 9.79. The molecule has 1 saturated heterocycles. The number of nitrogens with zero attached hydrogens (tertiary/aromatic N) is 3. The number of carbonyl (C=O) groups excluding carboxylic acids is 1. The van der Waals surface area contributed by atoms with Gasteiger partial charge in [0.05, 0.1) is 30.0 Å². The highest BCUT2D eigenvalue weighted by Crippen LogP contribution is 2.46. The first kappa shape index (κ1) is 25.9. The molecular formula is C27H26ClN3O4S3. The zero-order chi connectivity index (χ0) is 26.3. The van der Waals surface area contributed by atoms with E-state index in [2.05, 4.69) is 17.5 Å². The van der Waals surface area contributed by atoms with Gasteiger partial charge in [0.1, 0.15) is 4.90 Å². The van der Waals surface area contributed by atoms with Crippen LogP contribution in [0, 0.1) is 5.92 Å². The van der Waals surface area contributed by atoms with Gasteiger partial charge >= 0.3 is 0 Å². The summed E-state index contributed by atoms with van der Waals surface area (Å²) in [6.45, 7) is 1.15. The molecule has 11 heteroatoms. The van der Waals surface area contributed by atoms with Crippen LogP contribution in [0.1, 0.15) is 45.4 Å². The fourth-order valence-corrected chi connectivity index (χ4v) is 8.81. The summed E-state index contributed by atoms with van der Waals surface area (Å²) >= 11 is 9.65. The minimum Gasteiger partial charge on any atom is -0.379 e. The average Bonchev–Trinajstić information content (AvgIpc) is 3.70. The van der Waals surface area contributed by atoms with Crippen LogP contribution in [-0.4, -0.2) is 55.7 Å². The van der Waals surface area contributed by atoms with Crippen LogP contribution in [-0.2, 0) is 14.8 Å². The Morgan fingerprint density at radius 2 is 1.89 bits per heavy atom. The van der Waals surface area contributed by atoms with Gasteiger partial charge in [0.15, 0.2) is 0 Å². The molecule has 1 saturated carbocycles. The van der Waals surface area contributed by atoms with Gasteiger partial charge in [-0.05, 0) is 72.0 Å². The summed E-state index contributed by atoms with van der Waals surface area (Å²) in [7, 11) is -3.88. The normalized spacial score (nSPS) is 23.4. The van der Waals surface area contributed by atoms with E-state index < -0.39 is 10.0 Å². The number of carbonyl (C=O) groups is 1. The molecule has 0 N–H and O–H groups in total. The predicted octanol–water partition coefficient (Wildman–Crippen LogP) is 5.92. The van der Waals surface area contributed by atoms with Crippen molar-refractivity contribution in [1.82, 2.24) is 9.31 Å². The summed E-state index contributed by atoms with van der Waals surface area (Å²) in [5, 5.41) is 10.6. The van der Waals surface area contributed by atoms with Crippen LogP contribution >= 0.6 is 34.3 Å². The summed E-state index contributed by atoms with van der Waals surface area (Å²) in [5.74, 6) is -0.253. The molecule has 3 aromatic rings. The summed E-state index contributed by atoms with van der Waals surface area (Å²) in [4.78, 5) is 16.2. The molecule has 1 amide bonds. The van der Waals surface area contributed by atoms with Gasteiger partial charge in [-0.25, -0.2) is 13.4 Å². The molecule has 6 rings (SSSR count). The van der Waals surface area contributed by atoms with E-state index in [0.717, 1.165) is 40.3 Å². The fraction of sp³-hybridized carbons (Fsp3) is 0.333. The van der Waals surface area contributed by atoms with Gasteiger partial charge in [0.25, 0.3) is 5.91 Å². The van der Waals surface area contributed by atoms with Crippen molar-refractivity contribution in [2.24, 2.45) is 11.0 Å². The number of hydrogen-bond acceptors (Lipinski definition) is 7. The zero-order valence-corrected chi connectivity index (χ0v) is 23.7. The number of thiophene rings is 2. The van der Waals surface area contributed by atoms with Crippen LogP contribution in [0.2, 0.25) is 5.02 Å². The van der Waals surface area contributed by atoms with Crippen molar-refractivity contribution < 1.29 is 17.9 Å². The van der Waals surface area contributed by atoms with Gasteiger partial charge in [-0.15, -0.1) is 22.7 Å². The first-order valence-corrected chi connectivity index (χ1v) is 16.1. The van der Waals surface area contributed by atoms with E-state index in [0.29, 0.717) is 13.2 Å². The van der Waals surface area contributed by atoms with E-state index in [1.165, 1.54) is 16.4 Å². The largest absolute Gasteiger partial charge is 0.379 e. The van der Waals surface area contributed by atoms with Crippen LogP contribution in [0.15, 0.2) is 68.8 Å². The zero-order valence-electron chi connectivity index (χ0n) is 20.5. The van der Waals surface area contributed by atoms with Crippen LogP contribution in [0.25, 0.3) is 6.08 Å². The van der Waals surface area contributed by atoms with Gasteiger partial charge < -0.3 is 4.74 Å². The smallest absolute Gasteiger partial charge is 0.274 e. The van der Waals surface area contributed by atoms with Crippen molar-refractivity contribution in [3.05, 3.63) is 79.1 Å². The quantitative estimate of drug-likeness (QED) is 0.371. The number of rotatable bonds is 5. The van der Waals surface area contributed by atoms with E-state index in [1.54, 1.807) is 33.7 Å². The average molecular weight is 588 g/mol. The summed E-state index contributed by atoms with van der Waals surface area (Å²) in [6, 6.07) is 12.4. The molecule has 7 nitrogen and oxygen atoms in total. The minimum absolute atomic E-state index is 0.0675. The van der Waals surface area contributed by atoms with Gasteiger partial charge in [-0.3, -0.25) is 4.79 Å². The van der Waals surface area contributed by atoms with Crippen LogP contribution in [0.4, 0.5) is 0 Å². The van der Waals surface area contributed by atoms with Crippen molar-refractivity contribution in [3.8, 4) is 0 Å². The Hall–Kier alpha value is -2.34. The van der Waals surface area contributed by atoms with Gasteiger partial charge in [0.2, 0.25) is 10.0 Å². The Morgan fingerprint density at radius 3 is 2.63 bits per heavy atom. The first-order chi connectivity index (χ1) is 18.4. The molecular weight excluding hydrogens is 562 g/mol. The minimum atomic E-state index is -3.88. The Bertz CT molecular complexity index is 1490. The van der Waals surface area contributed by atoms with Crippen LogP contribution < -0.4 is 0 Å². The number of benzene rings is 1. The third-order valence-electron chi connectivity index (χ3n) is 7.17. The van der Waals surface area contributed by atoms with Gasteiger partial charge in [-0.2, -0.15) is 9.41 Å². The molecule has 198 valence electrons. The summed E-state index contributed by atoms with van der Waals surface area (Å²) in [5.41, 5.74) is 2.35. The molecule has 0 bridgehead atoms. The highest BCUT2D eigenvalue weighted by molar-refractivity contribution is 7.89. The number of hydrazone groups is 1. The van der Waals surface area contributed by atoms with Gasteiger partial charge in [-0.1, -0.05) is 23.7 Å². The summed E-state index contributed by atoms with van der Waals surface area (Å²) < 4.78 is 33.4. The number of amides is 1. The third-order valence-corrected chi connectivity index (χ3v) is 11.3. The van der Waals surface area contributed by atoms with Crippen molar-refractivity contribution >= 4 is 62.0 Å². The predicted molar refractivity (Wildman–Crippen MR) is 151 cm³/mol. The molecule has 3 aliphatic rings. The molecule has 1 aliphatic carbocycles. The Kier molecular flexibility index (Phi) is 7.28. The SMILES string of the molecule is O=C(c1ccc(Cl)c(S(=O)(=O)N2CCOCC2)c1)N1N=C2/C(=C\c3cccs3)CCCC2C1c1cccs1. The van der Waals surface area contributed by atoms with Crippen molar-refractivity contribution in [2.45, 2.75) is 30.2 Å². The lowest BCUT2D eigenvalue weighted by Crippen LogP contribution is -2.40. The van der Waals surface area contributed by atoms with Crippen molar-refractivity contribution in [1.29, 1.82) is 0 Å². The highest BCUT2D eigenvalue weighted by Gasteiger charge is 2.44. The number of morpholine rings is 1. The van der Waals surface area contributed by atoms with Crippen molar-refractivity contribution in [2.75, 3.05) is 26.3 Å². The Balaban J connectivity index is 1.39. The molecule has 2 atom stereocenters. The number of fused-ring (bicyclic) bond motifs is 1. The lowest BCUT2D eigenvalue weighted by Gasteiger charge is -2.29. The number of allylic oxidation sites excluding steroid dienone is 1. The molecule has 2 fully saturated rings. The Labute approximate surface area is 235 Å². The molecule has 2 unspecified atom stereocenters. The standard InChI is InChI=1S/C27H26ClN3O4S3/c28-22-9-8-19(17-24(22)38(33,34)30-10-12-35-13-11-30)27(32)31-26(23-7-3-15-37-23)21-6-1-4-18(25(21)29-31)16-20-5-2-14-36-20/h2-3,5,7-9,14-17,21,26H,1,4,6,10-13H2/b18-16-. The first-order valence-electron chi connectivity index (χ1n) is 12.5. The van der Waals surface area contributed by atoms with E-state index in [-0.39, 0.29) is 46.4 Å². The number of hydrogen-bond donors (Lipinski definition) is 0. The second-order valence-corrected chi connectivity index (χ2v) is 13.7. The van der Waals surface area contributed by atoms with Crippen LogP contribution in [0.5, 0.6) is 0 Å².